The minimum absolute atomic E-state index is 0.351. The van der Waals surface area contributed by atoms with E-state index in [-0.39, 0.29) is 0 Å². The molecule has 6 heteroatoms. The van der Waals surface area contributed by atoms with Crippen LogP contribution in [0.2, 0.25) is 0 Å². The molecule has 0 aromatic heterocycles. The van der Waals surface area contributed by atoms with Crippen molar-refractivity contribution in [1.82, 2.24) is 15.3 Å². The van der Waals surface area contributed by atoms with Crippen LogP contribution in [0.4, 0.5) is 0 Å². The third-order valence-electron chi connectivity index (χ3n) is 3.23. The van der Waals surface area contributed by atoms with Crippen molar-refractivity contribution in [3.05, 3.63) is 0 Å². The van der Waals surface area contributed by atoms with E-state index in [0.717, 1.165) is 26.2 Å². The van der Waals surface area contributed by atoms with Crippen LogP contribution in [-0.4, -0.2) is 47.4 Å². The molecule has 0 aliphatic carbocycles. The summed E-state index contributed by atoms with van der Waals surface area (Å²) < 4.78 is 11.2. The second-order valence-electron chi connectivity index (χ2n) is 4.36. The Kier molecular flexibility index (Phi) is 1.59. The molecule has 0 spiro atoms. The zero-order chi connectivity index (χ0) is 9.05. The van der Waals surface area contributed by atoms with E-state index in [9.17, 15) is 9.46 Å². The van der Waals surface area contributed by atoms with Crippen molar-refractivity contribution < 1.29 is 9.46 Å². The fraction of sp³-hybridized carbons (Fsp3) is 1.00. The Morgan fingerprint density at radius 3 is 3.00 bits per heavy atom. The second kappa shape index (κ2) is 2.49. The van der Waals surface area contributed by atoms with Crippen LogP contribution in [0.25, 0.3) is 0 Å². The molecule has 0 saturated carbocycles. The van der Waals surface area contributed by atoms with Gasteiger partial charge in [0, 0.05) is 19.0 Å². The van der Waals surface area contributed by atoms with Gasteiger partial charge in [-0.1, -0.05) is 4.57 Å². The van der Waals surface area contributed by atoms with Crippen molar-refractivity contribution in [3.63, 3.8) is 0 Å². The lowest BCUT2D eigenvalue weighted by Crippen LogP contribution is -2.75. The van der Waals surface area contributed by atoms with Crippen LogP contribution >= 0.6 is 8.03 Å². The number of hydrogen-bond acceptors (Lipinski definition) is 5. The van der Waals surface area contributed by atoms with Crippen LogP contribution in [0.1, 0.15) is 6.42 Å². The number of piperidine rings is 1. The zero-order valence-electron chi connectivity index (χ0n) is 7.27. The molecular formula is C7H12N3O2P. The van der Waals surface area contributed by atoms with Gasteiger partial charge in [0.25, 0.3) is 0 Å². The smallest absolute Gasteiger partial charge is 0.318 e. The van der Waals surface area contributed by atoms with Crippen molar-refractivity contribution in [2.24, 2.45) is 0 Å². The van der Waals surface area contributed by atoms with Crippen LogP contribution in [0.5, 0.6) is 0 Å². The largest absolute Gasteiger partial charge is 0.595 e. The van der Waals surface area contributed by atoms with Crippen LogP contribution in [0.3, 0.4) is 0 Å². The molecule has 0 radical (unpaired) electrons. The molecule has 72 valence electrons. The highest BCUT2D eigenvalue weighted by Crippen LogP contribution is 2.44. The van der Waals surface area contributed by atoms with Crippen LogP contribution in [0, 0.1) is 0 Å². The van der Waals surface area contributed by atoms with Crippen LogP contribution < -0.4 is 10.3 Å². The van der Waals surface area contributed by atoms with Crippen LogP contribution in [-0.2, 0) is 4.57 Å². The zero-order valence-corrected chi connectivity index (χ0v) is 8.17. The average molecular weight is 201 g/mol. The first-order valence-electron chi connectivity index (χ1n) is 4.56. The Bertz CT molecular complexity index is 235. The Labute approximate surface area is 77.5 Å². The number of hydrogen-bond donors (Lipinski definition) is 1. The summed E-state index contributed by atoms with van der Waals surface area (Å²) in [7, 11) is -2.30. The lowest BCUT2D eigenvalue weighted by Gasteiger charge is -2.55. The number of hydrazine groups is 1. The number of nitrogens with one attached hydrogen (secondary N) is 1. The van der Waals surface area contributed by atoms with Gasteiger partial charge in [0.2, 0.25) is 0 Å². The van der Waals surface area contributed by atoms with E-state index in [0.29, 0.717) is 12.6 Å². The van der Waals surface area contributed by atoms with Crippen LogP contribution in [0.15, 0.2) is 0 Å². The maximum Gasteiger partial charge on any atom is 0.318 e. The quantitative estimate of drug-likeness (QED) is 0.534. The summed E-state index contributed by atoms with van der Waals surface area (Å²) >= 11 is 0. The fourth-order valence-corrected chi connectivity index (χ4v) is 3.84. The van der Waals surface area contributed by atoms with Gasteiger partial charge in [-0.3, -0.25) is 4.90 Å². The van der Waals surface area contributed by atoms with Crippen molar-refractivity contribution in [2.75, 3.05) is 26.3 Å². The van der Waals surface area contributed by atoms with Gasteiger partial charge in [-0.15, -0.1) is 0 Å². The molecule has 1 N–H and O–H groups in total. The Morgan fingerprint density at radius 2 is 2.38 bits per heavy atom. The van der Waals surface area contributed by atoms with Gasteiger partial charge in [0.15, 0.2) is 5.16 Å². The van der Waals surface area contributed by atoms with Crippen molar-refractivity contribution in [3.8, 4) is 0 Å². The molecule has 4 aliphatic rings. The molecule has 5 unspecified atom stereocenters. The molecule has 0 amide bonds. The SMILES string of the molecule is O=[P+]([O-])C12CC3CN(CN(C1)N3)C2. The summed E-state index contributed by atoms with van der Waals surface area (Å²) in [6.45, 7) is 3.28. The van der Waals surface area contributed by atoms with Gasteiger partial charge in [0.05, 0.1) is 19.8 Å². The van der Waals surface area contributed by atoms with E-state index in [1.165, 1.54) is 0 Å². The van der Waals surface area contributed by atoms with E-state index in [1.54, 1.807) is 0 Å². The first-order chi connectivity index (χ1) is 6.18. The highest BCUT2D eigenvalue weighted by atomic mass is 31.1. The lowest BCUT2D eigenvalue weighted by atomic mass is 9.89. The van der Waals surface area contributed by atoms with E-state index >= 15 is 0 Å². The van der Waals surface area contributed by atoms with Gasteiger partial charge >= 0.3 is 8.03 Å². The molecule has 4 aliphatic heterocycles. The van der Waals surface area contributed by atoms with E-state index in [4.69, 9.17) is 0 Å². The summed E-state index contributed by atoms with van der Waals surface area (Å²) in [5, 5.41) is 1.58. The number of rotatable bonds is 1. The van der Waals surface area contributed by atoms with Gasteiger partial charge < -0.3 is 4.89 Å². The normalized spacial score (nSPS) is 53.9. The highest BCUT2D eigenvalue weighted by molar-refractivity contribution is 7.38. The van der Waals surface area contributed by atoms with E-state index in [2.05, 4.69) is 10.3 Å². The Morgan fingerprint density at radius 1 is 1.54 bits per heavy atom. The maximum absolute atomic E-state index is 11.2. The fourth-order valence-electron chi connectivity index (χ4n) is 2.87. The number of nitrogens with zero attached hydrogens (tertiary/aromatic N) is 2. The predicted octanol–water partition coefficient (Wildman–Crippen LogP) is -1.31. The van der Waals surface area contributed by atoms with Gasteiger partial charge in [-0.2, -0.15) is 0 Å². The molecule has 4 heterocycles. The Hall–Kier alpha value is -0.0600. The summed E-state index contributed by atoms with van der Waals surface area (Å²) in [6, 6.07) is 0.351. The maximum atomic E-state index is 11.2. The molecule has 4 bridgehead atoms. The first kappa shape index (κ1) is 8.26. The average Bonchev–Trinajstić information content (AvgIpc) is 2.00. The third kappa shape index (κ3) is 1.09. The summed E-state index contributed by atoms with van der Waals surface area (Å²) in [5.74, 6) is 0. The topological polar surface area (TPSA) is 58.6 Å². The van der Waals surface area contributed by atoms with Crippen molar-refractivity contribution in [2.45, 2.75) is 17.6 Å². The molecule has 0 aromatic rings. The molecule has 4 fully saturated rings. The summed E-state index contributed by atoms with van der Waals surface area (Å²) in [6.07, 6.45) is 0.790. The summed E-state index contributed by atoms with van der Waals surface area (Å²) in [5.41, 5.74) is 3.32. The van der Waals surface area contributed by atoms with E-state index < -0.39 is 13.2 Å². The first-order valence-corrected chi connectivity index (χ1v) is 5.74. The molecule has 13 heavy (non-hydrogen) atoms. The molecule has 0 aromatic carbocycles. The van der Waals surface area contributed by atoms with Gasteiger partial charge in [0.1, 0.15) is 0 Å². The minimum Gasteiger partial charge on any atom is -0.595 e. The third-order valence-corrected chi connectivity index (χ3v) is 4.47. The monoisotopic (exact) mass is 201 g/mol. The standard InChI is InChI=1S/C7H12N3O2P/c11-13(12)7-1-6-2-9(3-7)5-10(4-7)8-6/h6,8H,1-5H2. The highest BCUT2D eigenvalue weighted by Gasteiger charge is 2.57. The molecule has 5 atom stereocenters. The van der Waals surface area contributed by atoms with Gasteiger partial charge in [-0.25, -0.2) is 10.4 Å². The van der Waals surface area contributed by atoms with Crippen molar-refractivity contribution >= 4 is 8.03 Å². The minimum atomic E-state index is -2.30. The lowest BCUT2D eigenvalue weighted by molar-refractivity contribution is -0.181. The second-order valence-corrected chi connectivity index (χ2v) is 5.83. The summed E-state index contributed by atoms with van der Waals surface area (Å²) in [4.78, 5) is 13.4. The molecule has 4 rings (SSSR count). The van der Waals surface area contributed by atoms with Crippen molar-refractivity contribution in [1.29, 1.82) is 0 Å². The molecule has 4 saturated heterocycles. The van der Waals surface area contributed by atoms with Gasteiger partial charge in [-0.05, 0) is 0 Å². The molecular weight excluding hydrogens is 189 g/mol. The van der Waals surface area contributed by atoms with E-state index in [1.807, 2.05) is 5.01 Å². The molecule has 5 nitrogen and oxygen atoms in total. The Balaban J connectivity index is 1.95. The predicted molar refractivity (Wildman–Crippen MR) is 45.0 cm³/mol.